The quantitative estimate of drug-likeness (QED) is 0.922. The molecule has 2 aromatic carbocycles. The van der Waals surface area contributed by atoms with E-state index in [4.69, 9.17) is 0 Å². The van der Waals surface area contributed by atoms with E-state index in [9.17, 15) is 14.0 Å². The summed E-state index contributed by atoms with van der Waals surface area (Å²) >= 11 is 0. The van der Waals surface area contributed by atoms with Crippen LogP contribution < -0.4 is 10.2 Å². The number of rotatable bonds is 5. The minimum absolute atomic E-state index is 0.0550. The third kappa shape index (κ3) is 4.41. The van der Waals surface area contributed by atoms with Crippen molar-refractivity contribution in [2.24, 2.45) is 0 Å². The summed E-state index contributed by atoms with van der Waals surface area (Å²) in [7, 11) is 0. The van der Waals surface area contributed by atoms with Crippen molar-refractivity contribution in [3.05, 3.63) is 66.0 Å². The number of nitrogens with zero attached hydrogens (tertiary/aromatic N) is 1. The number of halogens is 1. The minimum Gasteiger partial charge on any atom is -0.350 e. The molecule has 2 rings (SSSR count). The topological polar surface area (TPSA) is 49.4 Å². The molecule has 0 aliphatic rings. The Labute approximate surface area is 128 Å². The van der Waals surface area contributed by atoms with Crippen LogP contribution in [0.15, 0.2) is 54.6 Å². The predicted octanol–water partition coefficient (Wildman–Crippen LogP) is 2.50. The summed E-state index contributed by atoms with van der Waals surface area (Å²) in [5.74, 6) is -0.798. The van der Waals surface area contributed by atoms with Gasteiger partial charge in [-0.1, -0.05) is 30.3 Å². The fourth-order valence-corrected chi connectivity index (χ4v) is 1.99. The monoisotopic (exact) mass is 300 g/mol. The number of benzene rings is 2. The lowest BCUT2D eigenvalue weighted by Gasteiger charge is -2.20. The van der Waals surface area contributed by atoms with E-state index in [-0.39, 0.29) is 24.2 Å². The molecule has 0 aromatic heterocycles. The van der Waals surface area contributed by atoms with Crippen molar-refractivity contribution in [1.82, 2.24) is 5.32 Å². The van der Waals surface area contributed by atoms with Gasteiger partial charge in [-0.2, -0.15) is 0 Å². The second-order valence-corrected chi connectivity index (χ2v) is 4.84. The van der Waals surface area contributed by atoms with Gasteiger partial charge in [0.15, 0.2) is 0 Å². The van der Waals surface area contributed by atoms with Gasteiger partial charge in [-0.05, 0) is 29.8 Å². The maximum Gasteiger partial charge on any atom is 0.240 e. The van der Waals surface area contributed by atoms with Crippen molar-refractivity contribution < 1.29 is 14.0 Å². The molecule has 0 atom stereocenters. The average molecular weight is 300 g/mol. The molecule has 114 valence electrons. The maximum absolute atomic E-state index is 12.8. The molecule has 22 heavy (non-hydrogen) atoms. The number of amides is 2. The third-order valence-electron chi connectivity index (χ3n) is 3.15. The highest BCUT2D eigenvalue weighted by Gasteiger charge is 2.15. The van der Waals surface area contributed by atoms with Crippen LogP contribution in [0.3, 0.4) is 0 Å². The molecule has 0 heterocycles. The van der Waals surface area contributed by atoms with Crippen molar-refractivity contribution in [1.29, 1.82) is 0 Å². The maximum atomic E-state index is 12.8. The lowest BCUT2D eigenvalue weighted by atomic mass is 10.2. The van der Waals surface area contributed by atoms with E-state index in [1.54, 1.807) is 24.3 Å². The molecule has 4 nitrogen and oxygen atoms in total. The number of nitrogens with one attached hydrogen (secondary N) is 1. The van der Waals surface area contributed by atoms with Crippen LogP contribution in [0.4, 0.5) is 10.1 Å². The summed E-state index contributed by atoms with van der Waals surface area (Å²) in [6.07, 6.45) is 0. The van der Waals surface area contributed by atoms with Crippen molar-refractivity contribution in [3.8, 4) is 0 Å². The zero-order valence-corrected chi connectivity index (χ0v) is 12.3. The van der Waals surface area contributed by atoms with Gasteiger partial charge in [0, 0.05) is 19.2 Å². The zero-order chi connectivity index (χ0) is 15.9. The second-order valence-electron chi connectivity index (χ2n) is 4.84. The summed E-state index contributed by atoms with van der Waals surface area (Å²) in [4.78, 5) is 25.1. The van der Waals surface area contributed by atoms with Crippen LogP contribution in [-0.4, -0.2) is 18.4 Å². The van der Waals surface area contributed by atoms with E-state index in [0.717, 1.165) is 5.56 Å². The summed E-state index contributed by atoms with van der Waals surface area (Å²) < 4.78 is 12.8. The fourth-order valence-electron chi connectivity index (χ4n) is 1.99. The van der Waals surface area contributed by atoms with Gasteiger partial charge in [0.2, 0.25) is 11.8 Å². The van der Waals surface area contributed by atoms with Gasteiger partial charge in [-0.15, -0.1) is 0 Å². The molecule has 0 unspecified atom stereocenters. The molecular formula is C17H17FN2O2. The zero-order valence-electron chi connectivity index (χ0n) is 12.3. The van der Waals surface area contributed by atoms with E-state index < -0.39 is 0 Å². The highest BCUT2D eigenvalue weighted by atomic mass is 19.1. The second kappa shape index (κ2) is 7.36. The van der Waals surface area contributed by atoms with Crippen molar-refractivity contribution >= 4 is 17.5 Å². The Morgan fingerprint density at radius 3 is 2.27 bits per heavy atom. The van der Waals surface area contributed by atoms with Gasteiger partial charge < -0.3 is 10.2 Å². The van der Waals surface area contributed by atoms with Crippen LogP contribution in [0.25, 0.3) is 0 Å². The largest absolute Gasteiger partial charge is 0.350 e. The first-order valence-electron chi connectivity index (χ1n) is 6.90. The summed E-state index contributed by atoms with van der Waals surface area (Å²) in [6, 6.07) is 14.9. The highest BCUT2D eigenvalue weighted by molar-refractivity contribution is 5.97. The molecule has 2 aromatic rings. The lowest BCUT2D eigenvalue weighted by Crippen LogP contribution is -2.39. The molecule has 0 bridgehead atoms. The van der Waals surface area contributed by atoms with Crippen LogP contribution in [0.5, 0.6) is 0 Å². The molecule has 0 aliphatic carbocycles. The first-order chi connectivity index (χ1) is 10.6. The van der Waals surface area contributed by atoms with Crippen molar-refractivity contribution in [2.75, 3.05) is 11.4 Å². The Morgan fingerprint density at radius 1 is 1.05 bits per heavy atom. The van der Waals surface area contributed by atoms with Gasteiger partial charge in [0.05, 0.1) is 0 Å². The Balaban J connectivity index is 1.94. The number of hydrogen-bond acceptors (Lipinski definition) is 2. The summed E-state index contributed by atoms with van der Waals surface area (Å²) in [5.41, 5.74) is 1.47. The van der Waals surface area contributed by atoms with Gasteiger partial charge in [0.25, 0.3) is 0 Å². The molecule has 2 amide bonds. The van der Waals surface area contributed by atoms with Gasteiger partial charge in [-0.3, -0.25) is 9.59 Å². The van der Waals surface area contributed by atoms with E-state index in [2.05, 4.69) is 5.32 Å². The molecular weight excluding hydrogens is 283 g/mol. The van der Waals surface area contributed by atoms with Crippen LogP contribution >= 0.6 is 0 Å². The van der Waals surface area contributed by atoms with E-state index >= 15 is 0 Å². The first kappa shape index (κ1) is 15.7. The molecule has 5 heteroatoms. The smallest absolute Gasteiger partial charge is 0.240 e. The summed E-state index contributed by atoms with van der Waals surface area (Å²) in [6.45, 7) is 1.65. The number of anilines is 1. The van der Waals surface area contributed by atoms with Gasteiger partial charge in [0.1, 0.15) is 12.4 Å². The molecule has 0 aliphatic heterocycles. The fraction of sp³-hybridized carbons (Fsp3) is 0.176. The van der Waals surface area contributed by atoms with Crippen LogP contribution in [0.2, 0.25) is 0 Å². The van der Waals surface area contributed by atoms with E-state index in [0.29, 0.717) is 12.2 Å². The normalized spacial score (nSPS) is 10.1. The van der Waals surface area contributed by atoms with Gasteiger partial charge >= 0.3 is 0 Å². The number of para-hydroxylation sites is 1. The number of carbonyl (C=O) groups excluding carboxylic acids is 2. The lowest BCUT2D eigenvalue weighted by molar-refractivity contribution is -0.123. The van der Waals surface area contributed by atoms with Gasteiger partial charge in [-0.25, -0.2) is 4.39 Å². The molecule has 0 radical (unpaired) electrons. The van der Waals surface area contributed by atoms with Crippen LogP contribution in [0, 0.1) is 5.82 Å². The van der Waals surface area contributed by atoms with Crippen LogP contribution in [-0.2, 0) is 16.1 Å². The number of carbonyl (C=O) groups is 2. The molecule has 0 saturated carbocycles. The molecule has 0 fully saturated rings. The Hall–Kier alpha value is -2.69. The Morgan fingerprint density at radius 2 is 1.68 bits per heavy atom. The average Bonchev–Trinajstić information content (AvgIpc) is 2.52. The van der Waals surface area contributed by atoms with Crippen molar-refractivity contribution in [2.45, 2.75) is 13.5 Å². The summed E-state index contributed by atoms with van der Waals surface area (Å²) in [5, 5.41) is 2.72. The third-order valence-corrected chi connectivity index (χ3v) is 3.15. The number of hydrogen-bond donors (Lipinski definition) is 1. The Kier molecular flexibility index (Phi) is 5.25. The minimum atomic E-state index is -0.318. The van der Waals surface area contributed by atoms with E-state index in [1.807, 2.05) is 18.2 Å². The molecule has 0 saturated heterocycles. The predicted molar refractivity (Wildman–Crippen MR) is 82.7 cm³/mol. The van der Waals surface area contributed by atoms with Crippen molar-refractivity contribution in [3.63, 3.8) is 0 Å². The Bertz CT molecular complexity index is 641. The molecule has 0 spiro atoms. The van der Waals surface area contributed by atoms with Crippen LogP contribution in [0.1, 0.15) is 12.5 Å². The highest BCUT2D eigenvalue weighted by Crippen LogP contribution is 2.13. The van der Waals surface area contributed by atoms with E-state index in [1.165, 1.54) is 24.0 Å². The SMILES string of the molecule is CC(=O)N(CC(=O)NCc1ccc(F)cc1)c1ccccc1. The molecule has 1 N–H and O–H groups in total. The first-order valence-corrected chi connectivity index (χ1v) is 6.90. The standard InChI is InChI=1S/C17H17FN2O2/c1-13(21)20(16-5-3-2-4-6-16)12-17(22)19-11-14-7-9-15(18)10-8-14/h2-10H,11-12H2,1H3,(H,19,22).